The van der Waals surface area contributed by atoms with Crippen LogP contribution in [0, 0.1) is 0 Å². The molecule has 4 heteroatoms. The largest absolute Gasteiger partial charge is 0.497 e. The first-order valence-corrected chi connectivity index (χ1v) is 8.35. The molecule has 2 aromatic rings. The quantitative estimate of drug-likeness (QED) is 0.378. The lowest BCUT2D eigenvalue weighted by atomic mass is 10.1. The lowest BCUT2D eigenvalue weighted by molar-refractivity contribution is 0.0483. The Hall–Kier alpha value is -1.27. The predicted molar refractivity (Wildman–Crippen MR) is 92.5 cm³/mol. The van der Waals surface area contributed by atoms with Crippen LogP contribution in [-0.2, 0) is 4.74 Å². The van der Waals surface area contributed by atoms with E-state index in [4.69, 9.17) is 14.2 Å². The van der Waals surface area contributed by atoms with Crippen LogP contribution in [0.4, 0.5) is 0 Å². The smallest absolute Gasteiger partial charge is 0.119 e. The fourth-order valence-corrected chi connectivity index (χ4v) is 2.68. The Morgan fingerprint density at radius 2 is 1.62 bits per heavy atom. The Morgan fingerprint density at radius 1 is 0.905 bits per heavy atom. The van der Waals surface area contributed by atoms with Crippen molar-refractivity contribution in [1.29, 1.82) is 0 Å². The van der Waals surface area contributed by atoms with Crippen molar-refractivity contribution in [2.24, 2.45) is 0 Å². The molecule has 0 aromatic heterocycles. The molecule has 2 rings (SSSR count). The van der Waals surface area contributed by atoms with Crippen molar-refractivity contribution in [3.05, 3.63) is 60.2 Å². The predicted octanol–water partition coefficient (Wildman–Crippen LogP) is 4.27. The Morgan fingerprint density at radius 3 is 2.24 bits per heavy atom. The summed E-state index contributed by atoms with van der Waals surface area (Å²) >= 11 is 2.34. The van der Waals surface area contributed by atoms with Crippen LogP contribution in [0.5, 0.6) is 11.5 Å². The summed E-state index contributed by atoms with van der Waals surface area (Å²) in [5, 5.41) is 0. The monoisotopic (exact) mass is 398 g/mol. The minimum Gasteiger partial charge on any atom is -0.497 e. The van der Waals surface area contributed by atoms with Gasteiger partial charge in [0.15, 0.2) is 0 Å². The number of hydrogen-bond donors (Lipinski definition) is 0. The normalized spacial score (nSPS) is 11.9. The number of hydrogen-bond acceptors (Lipinski definition) is 3. The Bertz CT molecular complexity index is 513. The van der Waals surface area contributed by atoms with E-state index in [1.54, 1.807) is 7.11 Å². The first-order valence-electron chi connectivity index (χ1n) is 6.83. The summed E-state index contributed by atoms with van der Waals surface area (Å²) in [4.78, 5) is 0. The highest BCUT2D eigenvalue weighted by Crippen LogP contribution is 2.22. The fourth-order valence-electron chi connectivity index (χ4n) is 1.92. The second-order valence-corrected chi connectivity index (χ2v) is 5.33. The van der Waals surface area contributed by atoms with Crippen LogP contribution in [-0.4, -0.2) is 24.8 Å². The molecular weight excluding hydrogens is 379 g/mol. The minimum atomic E-state index is 0.0795. The number of halogens is 1. The van der Waals surface area contributed by atoms with Gasteiger partial charge in [-0.2, -0.15) is 0 Å². The highest BCUT2D eigenvalue weighted by Gasteiger charge is 2.10. The molecule has 0 aliphatic carbocycles. The molecule has 0 amide bonds. The molecule has 0 N–H and O–H groups in total. The molecule has 2 aromatic carbocycles. The first kappa shape index (κ1) is 16.1. The molecule has 0 saturated carbocycles. The average Bonchev–Trinajstić information content (AvgIpc) is 2.56. The maximum atomic E-state index is 5.90. The summed E-state index contributed by atoms with van der Waals surface area (Å²) in [7, 11) is 1.67. The van der Waals surface area contributed by atoms with Crippen LogP contribution in [0.15, 0.2) is 54.6 Å². The van der Waals surface area contributed by atoms with Crippen LogP contribution in [0.1, 0.15) is 11.7 Å². The van der Waals surface area contributed by atoms with Crippen molar-refractivity contribution in [1.82, 2.24) is 0 Å². The van der Waals surface area contributed by atoms with E-state index >= 15 is 0 Å². The van der Waals surface area contributed by atoms with E-state index in [0.29, 0.717) is 13.2 Å². The van der Waals surface area contributed by atoms with E-state index in [1.807, 2.05) is 54.6 Å². The highest BCUT2D eigenvalue weighted by atomic mass is 127. The van der Waals surface area contributed by atoms with Gasteiger partial charge >= 0.3 is 0 Å². The molecule has 0 heterocycles. The molecule has 0 saturated heterocycles. The van der Waals surface area contributed by atoms with Crippen molar-refractivity contribution in [3.63, 3.8) is 0 Å². The van der Waals surface area contributed by atoms with E-state index in [2.05, 4.69) is 22.6 Å². The lowest BCUT2D eigenvalue weighted by Gasteiger charge is -2.16. The molecule has 0 aliphatic heterocycles. The van der Waals surface area contributed by atoms with Gasteiger partial charge in [0.2, 0.25) is 0 Å². The van der Waals surface area contributed by atoms with Crippen LogP contribution in [0.2, 0.25) is 0 Å². The number of alkyl halides is 1. The second-order valence-electron chi connectivity index (χ2n) is 4.45. The highest BCUT2D eigenvalue weighted by molar-refractivity contribution is 14.1. The summed E-state index contributed by atoms with van der Waals surface area (Å²) in [5.41, 5.74) is 1.16. The van der Waals surface area contributed by atoms with Gasteiger partial charge < -0.3 is 14.2 Å². The van der Waals surface area contributed by atoms with E-state index in [1.165, 1.54) is 0 Å². The van der Waals surface area contributed by atoms with E-state index in [0.717, 1.165) is 21.5 Å². The Kier molecular flexibility index (Phi) is 6.82. The van der Waals surface area contributed by atoms with E-state index in [9.17, 15) is 0 Å². The summed E-state index contributed by atoms with van der Waals surface area (Å²) < 4.78 is 17.6. The van der Waals surface area contributed by atoms with Crippen LogP contribution >= 0.6 is 22.6 Å². The van der Waals surface area contributed by atoms with Crippen LogP contribution < -0.4 is 9.47 Å². The summed E-state index contributed by atoms with van der Waals surface area (Å²) in [5.74, 6) is 1.73. The molecule has 1 unspecified atom stereocenters. The summed E-state index contributed by atoms with van der Waals surface area (Å²) in [6.07, 6.45) is 0.0795. The minimum absolute atomic E-state index is 0.0795. The molecule has 0 aliphatic rings. The van der Waals surface area contributed by atoms with Gasteiger partial charge in [-0.15, -0.1) is 0 Å². The van der Waals surface area contributed by atoms with Crippen molar-refractivity contribution < 1.29 is 14.2 Å². The maximum Gasteiger partial charge on any atom is 0.119 e. The molecule has 0 bridgehead atoms. The topological polar surface area (TPSA) is 27.7 Å². The van der Waals surface area contributed by atoms with Crippen molar-refractivity contribution in [3.8, 4) is 11.5 Å². The van der Waals surface area contributed by atoms with Crippen molar-refractivity contribution in [2.75, 3.05) is 24.8 Å². The van der Waals surface area contributed by atoms with Gasteiger partial charge in [-0.1, -0.05) is 52.9 Å². The number of methoxy groups -OCH3 is 1. The second kappa shape index (κ2) is 8.89. The maximum absolute atomic E-state index is 5.90. The zero-order chi connectivity index (χ0) is 14.9. The molecule has 0 spiro atoms. The molecule has 112 valence electrons. The van der Waals surface area contributed by atoms with Gasteiger partial charge in [-0.3, -0.25) is 0 Å². The lowest BCUT2D eigenvalue weighted by Crippen LogP contribution is -2.12. The zero-order valence-electron chi connectivity index (χ0n) is 12.0. The molecular formula is C17H19IO3. The summed E-state index contributed by atoms with van der Waals surface area (Å²) in [6, 6.07) is 17.8. The van der Waals surface area contributed by atoms with Gasteiger partial charge in [0.25, 0.3) is 0 Å². The Balaban J connectivity index is 1.79. The van der Waals surface area contributed by atoms with Crippen molar-refractivity contribution >= 4 is 22.6 Å². The number of rotatable bonds is 8. The SMILES string of the molecule is COc1ccc(C(CI)OCCOc2ccccc2)cc1. The molecule has 21 heavy (non-hydrogen) atoms. The van der Waals surface area contributed by atoms with Gasteiger partial charge in [0, 0.05) is 4.43 Å². The fraction of sp³-hybridized carbons (Fsp3) is 0.294. The third kappa shape index (κ3) is 5.21. The summed E-state index contributed by atoms with van der Waals surface area (Å²) in [6.45, 7) is 1.11. The van der Waals surface area contributed by atoms with Gasteiger partial charge in [0.1, 0.15) is 18.1 Å². The third-order valence-electron chi connectivity index (χ3n) is 3.04. The first-order chi connectivity index (χ1) is 10.3. The van der Waals surface area contributed by atoms with Crippen molar-refractivity contribution in [2.45, 2.75) is 6.10 Å². The van der Waals surface area contributed by atoms with Gasteiger partial charge in [-0.25, -0.2) is 0 Å². The van der Waals surface area contributed by atoms with E-state index < -0.39 is 0 Å². The van der Waals surface area contributed by atoms with Crippen LogP contribution in [0.25, 0.3) is 0 Å². The molecule has 0 fully saturated rings. The number of benzene rings is 2. The number of ether oxygens (including phenoxy) is 3. The zero-order valence-corrected chi connectivity index (χ0v) is 14.2. The molecule has 0 radical (unpaired) electrons. The molecule has 3 nitrogen and oxygen atoms in total. The standard InChI is InChI=1S/C17H19IO3/c1-19-15-9-7-14(8-10-15)17(13-18)21-12-11-20-16-5-3-2-4-6-16/h2-10,17H,11-13H2,1H3. The molecule has 1 atom stereocenters. The van der Waals surface area contributed by atoms with E-state index in [-0.39, 0.29) is 6.10 Å². The van der Waals surface area contributed by atoms with Gasteiger partial charge in [-0.05, 0) is 29.8 Å². The van der Waals surface area contributed by atoms with Crippen LogP contribution in [0.3, 0.4) is 0 Å². The third-order valence-corrected chi connectivity index (χ3v) is 3.84. The van der Waals surface area contributed by atoms with Gasteiger partial charge in [0.05, 0.1) is 19.8 Å². The number of para-hydroxylation sites is 1. The average molecular weight is 398 g/mol. The Labute approximate surface area is 139 Å².